The molecule has 103 heavy (non-hydrogen) atoms. The molecule has 0 amide bonds. The van der Waals surface area contributed by atoms with Crippen molar-refractivity contribution < 1.29 is 46.7 Å². The van der Waals surface area contributed by atoms with Gasteiger partial charge in [0.25, 0.3) is 0 Å². The molecule has 0 atom stereocenters. The van der Waals surface area contributed by atoms with Crippen molar-refractivity contribution in [2.45, 2.75) is 255 Å². The van der Waals surface area contributed by atoms with Crippen LogP contribution in [0.4, 0.5) is 8.78 Å². The molecule has 0 aromatic heterocycles. The Kier molecular flexibility index (Phi) is 28.2. The highest BCUT2D eigenvalue weighted by Crippen LogP contribution is 2.44. The molecule has 1 aliphatic carbocycles. The number of hydrogen-bond donors (Lipinski definition) is 0. The molecule has 13 rings (SSSR count). The Labute approximate surface area is 624 Å². The molecule has 0 radical (unpaired) electrons. The molecule has 0 fully saturated rings. The topological polar surface area (TPSA) is 73.8 Å². The molecule has 0 saturated carbocycles. The lowest BCUT2D eigenvalue weighted by molar-refractivity contribution is -0.286. The van der Waals surface area contributed by atoms with Crippen molar-refractivity contribution >= 4 is 11.6 Å². The zero-order chi connectivity index (χ0) is 76.9. The summed E-state index contributed by atoms with van der Waals surface area (Å²) in [4.78, 5) is 0. The molecule has 4 heterocycles. The van der Waals surface area contributed by atoms with E-state index in [-0.39, 0.29) is 49.4 Å². The molecule has 0 spiro atoms. The van der Waals surface area contributed by atoms with Crippen molar-refractivity contribution in [3.63, 3.8) is 0 Å². The molecule has 8 aromatic rings. The number of aryl methyl sites for hydroxylation is 4. The van der Waals surface area contributed by atoms with E-state index in [0.717, 1.165) is 63.7 Å². The Balaban J connectivity index is 0.000000185. The van der Waals surface area contributed by atoms with Crippen LogP contribution in [-0.4, -0.2) is 40.0 Å². The minimum Gasteiger partial charge on any atom is -0.497 e. The first kappa shape index (κ1) is 84.2. The third-order valence-corrected chi connectivity index (χ3v) is 18.8. The lowest BCUT2D eigenvalue weighted by Gasteiger charge is -2.23. The molecule has 560 valence electrons. The molecule has 4 aliphatic heterocycles. The van der Waals surface area contributed by atoms with Crippen LogP contribution in [0.1, 0.15) is 245 Å². The van der Waals surface area contributed by atoms with Gasteiger partial charge in [-0.05, 0) is 204 Å². The first-order valence-electron chi connectivity index (χ1n) is 36.6. The maximum atomic E-state index is 12.7. The SMILES string of the molecule is CC(C)(C)c1ccc2c(c1)CCC2.CC(C)(C)c1ccc2c(c1)CCO2.CC(C)(C)c1ccc2c(c1)OC(F)(F)O2.CC(C)(C)c1ccc2c(c1)OCCO2.CC(C)(C)c1ccc2c(c1)OCO2.COc1ccc(C(C)(C)C)cc1.Cc1ccc(C(C)(C)C)cc1.Cc1ccc(C(C)(C)C)cc1Cl. The van der Waals surface area contributed by atoms with Crippen LogP contribution in [-0.2, 0) is 62.6 Å². The molecule has 0 unspecified atom stereocenters. The van der Waals surface area contributed by atoms with Crippen LogP contribution in [0.5, 0.6) is 46.0 Å². The smallest absolute Gasteiger partial charge is 0.497 e. The largest absolute Gasteiger partial charge is 0.586 e. The van der Waals surface area contributed by atoms with Gasteiger partial charge in [0.1, 0.15) is 24.7 Å². The van der Waals surface area contributed by atoms with E-state index in [1.807, 2.05) is 52.0 Å². The monoisotopic (exact) mass is 1430 g/mol. The predicted molar refractivity (Wildman–Crippen MR) is 427 cm³/mol. The molecule has 8 nitrogen and oxygen atoms in total. The van der Waals surface area contributed by atoms with Crippen LogP contribution in [0, 0.1) is 13.8 Å². The fourth-order valence-electron chi connectivity index (χ4n) is 11.2. The van der Waals surface area contributed by atoms with Crippen molar-refractivity contribution in [2.75, 3.05) is 33.7 Å². The van der Waals surface area contributed by atoms with E-state index in [1.54, 1.807) is 30.4 Å². The number of rotatable bonds is 1. The van der Waals surface area contributed by atoms with Gasteiger partial charge in [0.2, 0.25) is 6.79 Å². The summed E-state index contributed by atoms with van der Waals surface area (Å²) in [6.45, 7) is 59.2. The highest BCUT2D eigenvalue weighted by molar-refractivity contribution is 6.31. The Morgan fingerprint density at radius 3 is 1.14 bits per heavy atom. The van der Waals surface area contributed by atoms with E-state index >= 15 is 0 Å². The highest BCUT2D eigenvalue weighted by Gasteiger charge is 2.44. The number of fused-ring (bicyclic) bond motifs is 5. The lowest BCUT2D eigenvalue weighted by Crippen LogP contribution is -2.25. The first-order chi connectivity index (χ1) is 47.5. The zero-order valence-corrected chi connectivity index (χ0v) is 68.3. The summed E-state index contributed by atoms with van der Waals surface area (Å²) >= 11 is 6.02. The van der Waals surface area contributed by atoms with Gasteiger partial charge in [-0.25, -0.2) is 0 Å². The summed E-state index contributed by atoms with van der Waals surface area (Å²) < 4.78 is 66.2. The standard InChI is InChI=1S/C13H18.C12H16O2.C12H16O.C11H15Cl.C11H12F2O2.C11H14O2.C11H16O.C11H16/c1-13(2,3)12-8-7-10-5-4-6-11(10)9-12;1-12(2,3)9-4-5-10-11(8-9)14-7-6-13-10;1-12(2,3)10-4-5-11-9(8-10)6-7-13-11;1-8-5-6-9(7-10(8)12)11(2,3)4;1-10(2,3)7-4-5-8-9(6-7)15-11(12,13)14-8;1-11(2,3)8-4-5-9-10(6-8)13-7-12-9;1-11(2,3)9-5-7-10(12-4)8-6-9;1-9-5-7-10(8-6-9)11(2,3)4/h7-9H,4-6H2,1-3H3;4-5,8H,6-7H2,1-3H3;4-5,8H,6-7H2,1-3H3;5-7H,1-4H3;4-6H,1-3H3;4-6H,7H2,1-3H3;5-8H,1-4H3;5-8H,1-4H3. The minimum atomic E-state index is -3.53. The Morgan fingerprint density at radius 2 is 0.660 bits per heavy atom. The van der Waals surface area contributed by atoms with E-state index in [9.17, 15) is 8.78 Å². The molecular weight excluding hydrogens is 1310 g/mol. The van der Waals surface area contributed by atoms with Crippen molar-refractivity contribution in [1.82, 2.24) is 0 Å². The first-order valence-corrected chi connectivity index (χ1v) is 37.0. The third-order valence-electron chi connectivity index (χ3n) is 18.3. The third kappa shape index (κ3) is 26.1. The van der Waals surface area contributed by atoms with Gasteiger partial charge in [0, 0.05) is 11.4 Å². The number of alkyl halides is 2. The van der Waals surface area contributed by atoms with Crippen LogP contribution >= 0.6 is 11.6 Å². The molecule has 8 aromatic carbocycles. The summed E-state index contributed by atoms with van der Waals surface area (Å²) in [5, 5.41) is 0.863. The number of hydrogen-bond acceptors (Lipinski definition) is 8. The quantitative estimate of drug-likeness (QED) is 0.161. The molecule has 0 N–H and O–H groups in total. The second kappa shape index (κ2) is 34.5. The predicted octanol–water partition coefficient (Wildman–Crippen LogP) is 25.4. The van der Waals surface area contributed by atoms with Crippen LogP contribution in [0.25, 0.3) is 0 Å². The number of methoxy groups -OCH3 is 1. The molecule has 5 aliphatic rings. The summed E-state index contributed by atoms with van der Waals surface area (Å²) in [7, 11) is 1.69. The van der Waals surface area contributed by atoms with E-state index in [4.69, 9.17) is 40.0 Å². The number of halogens is 3. The Bertz CT molecular complexity index is 3860. The molecular formula is C92H123ClF2O8. The summed E-state index contributed by atoms with van der Waals surface area (Å²) in [5.41, 5.74) is 18.9. The molecule has 11 heteroatoms. The van der Waals surface area contributed by atoms with E-state index in [0.29, 0.717) is 25.4 Å². The number of benzene rings is 8. The van der Waals surface area contributed by atoms with Gasteiger partial charge >= 0.3 is 6.29 Å². The van der Waals surface area contributed by atoms with Crippen LogP contribution < -0.4 is 37.9 Å². The van der Waals surface area contributed by atoms with Crippen molar-refractivity contribution in [1.29, 1.82) is 0 Å². The van der Waals surface area contributed by atoms with E-state index in [2.05, 4.69) is 277 Å². The van der Waals surface area contributed by atoms with Gasteiger partial charge in [-0.1, -0.05) is 280 Å². The fourth-order valence-corrected chi connectivity index (χ4v) is 11.4. The number of ether oxygens (including phenoxy) is 8. The normalized spacial score (nSPS) is 14.4. The summed E-state index contributed by atoms with van der Waals surface area (Å²) in [5.74, 6) is 5.66. The van der Waals surface area contributed by atoms with E-state index < -0.39 is 6.29 Å². The maximum Gasteiger partial charge on any atom is 0.586 e. The van der Waals surface area contributed by atoms with Gasteiger partial charge in [0.15, 0.2) is 34.5 Å². The average molecular weight is 1430 g/mol. The summed E-state index contributed by atoms with van der Waals surface area (Å²) in [6.07, 6.45) is 1.47. The molecule has 0 bridgehead atoms. The van der Waals surface area contributed by atoms with Crippen LogP contribution in [0.15, 0.2) is 158 Å². The van der Waals surface area contributed by atoms with Gasteiger partial charge in [-0.15, -0.1) is 8.78 Å². The lowest BCUT2D eigenvalue weighted by atomic mass is 9.85. The highest BCUT2D eigenvalue weighted by atomic mass is 35.5. The zero-order valence-electron chi connectivity index (χ0n) is 67.6. The van der Waals surface area contributed by atoms with Crippen molar-refractivity contribution in [3.05, 3.63) is 235 Å². The Morgan fingerprint density at radius 1 is 0.320 bits per heavy atom. The minimum absolute atomic E-state index is 0.0907. The second-order valence-electron chi connectivity index (χ2n) is 35.6. The average Bonchev–Trinajstić information content (AvgIpc) is 1.65. The maximum absolute atomic E-state index is 12.7. The Hall–Kier alpha value is -7.69. The van der Waals surface area contributed by atoms with E-state index in [1.165, 1.54) is 75.4 Å². The summed E-state index contributed by atoms with van der Waals surface area (Å²) in [6, 6.07) is 54.0. The second-order valence-corrected chi connectivity index (χ2v) is 36.0. The van der Waals surface area contributed by atoms with Crippen LogP contribution in [0.3, 0.4) is 0 Å². The van der Waals surface area contributed by atoms with Gasteiger partial charge in [-0.2, -0.15) is 0 Å². The van der Waals surface area contributed by atoms with Crippen molar-refractivity contribution in [3.8, 4) is 46.0 Å². The van der Waals surface area contributed by atoms with Crippen molar-refractivity contribution in [2.24, 2.45) is 0 Å². The molecule has 0 saturated heterocycles. The fraction of sp³-hybridized carbons (Fsp3) is 0.478. The van der Waals surface area contributed by atoms with Gasteiger partial charge in [0.05, 0.1) is 13.7 Å². The van der Waals surface area contributed by atoms with Gasteiger partial charge < -0.3 is 37.9 Å². The van der Waals surface area contributed by atoms with Crippen LogP contribution in [0.2, 0.25) is 5.02 Å². The van der Waals surface area contributed by atoms with Gasteiger partial charge in [-0.3, -0.25) is 0 Å².